The first-order chi connectivity index (χ1) is 12.5. The van der Waals surface area contributed by atoms with E-state index in [9.17, 15) is 19.7 Å². The molecular weight excluding hydrogens is 340 g/mol. The summed E-state index contributed by atoms with van der Waals surface area (Å²) in [5.41, 5.74) is 9.22. The van der Waals surface area contributed by atoms with Gasteiger partial charge in [-0.2, -0.15) is 5.10 Å². The zero-order valence-electron chi connectivity index (χ0n) is 13.4. The molecule has 9 heteroatoms. The second-order valence-electron chi connectivity index (χ2n) is 5.52. The Morgan fingerprint density at radius 1 is 1.23 bits per heavy atom. The predicted molar refractivity (Wildman–Crippen MR) is 91.6 cm³/mol. The summed E-state index contributed by atoms with van der Waals surface area (Å²) >= 11 is 0. The summed E-state index contributed by atoms with van der Waals surface area (Å²) in [6.45, 7) is 0. The fourth-order valence-corrected chi connectivity index (χ4v) is 2.67. The fraction of sp³-hybridized carbons (Fsp3) is 0.118. The van der Waals surface area contributed by atoms with Gasteiger partial charge in [0, 0.05) is 24.1 Å². The first-order valence-electron chi connectivity index (χ1n) is 7.62. The number of carbonyl (C=O) groups excluding carboxylic acids is 2. The number of hydrazone groups is 1. The molecule has 26 heavy (non-hydrogen) atoms. The lowest BCUT2D eigenvalue weighted by Gasteiger charge is -2.13. The number of nitro groups is 1. The molecule has 0 radical (unpaired) electrons. The first kappa shape index (κ1) is 17.1. The van der Waals surface area contributed by atoms with Gasteiger partial charge in [-0.05, 0) is 23.8 Å². The van der Waals surface area contributed by atoms with E-state index in [1.54, 1.807) is 24.3 Å². The summed E-state index contributed by atoms with van der Waals surface area (Å²) in [5, 5.41) is 14.8. The predicted octanol–water partition coefficient (Wildman–Crippen LogP) is 2.27. The van der Waals surface area contributed by atoms with Crippen molar-refractivity contribution < 1.29 is 19.2 Å². The number of fused-ring (bicyclic) bond motifs is 1. The lowest BCUT2D eigenvalue weighted by molar-refractivity contribution is -0.384. The van der Waals surface area contributed by atoms with E-state index in [0.717, 1.165) is 0 Å². The van der Waals surface area contributed by atoms with Crippen molar-refractivity contribution in [1.29, 1.82) is 0 Å². The molecule has 1 heterocycles. The van der Waals surface area contributed by atoms with Crippen LogP contribution in [0, 0.1) is 10.1 Å². The number of nitrogens with zero attached hydrogens (tertiary/aromatic N) is 2. The zero-order valence-corrected chi connectivity index (χ0v) is 13.4. The zero-order chi connectivity index (χ0) is 18.7. The number of primary amides is 1. The Bertz CT molecular complexity index is 908. The van der Waals surface area contributed by atoms with Gasteiger partial charge >= 0.3 is 12.0 Å². The minimum atomic E-state index is -0.853. The molecule has 0 aromatic heterocycles. The normalized spacial score (nSPS) is 15.9. The van der Waals surface area contributed by atoms with Crippen LogP contribution < -0.4 is 11.2 Å². The largest absolute Gasteiger partial charge is 0.453 e. The average molecular weight is 354 g/mol. The first-order valence-corrected chi connectivity index (χ1v) is 7.62. The van der Waals surface area contributed by atoms with Crippen molar-refractivity contribution in [3.8, 4) is 0 Å². The molecule has 0 saturated heterocycles. The van der Waals surface area contributed by atoms with E-state index in [2.05, 4.69) is 10.5 Å². The number of nitro benzene ring substituents is 1. The number of hydrogen-bond donors (Lipinski definition) is 2. The highest BCUT2D eigenvalue weighted by Gasteiger charge is 2.31. The highest BCUT2D eigenvalue weighted by molar-refractivity contribution is 6.02. The Kier molecular flexibility index (Phi) is 4.61. The minimum absolute atomic E-state index is 0.0754. The number of ether oxygens (including phenoxy) is 1. The average Bonchev–Trinajstić information content (AvgIpc) is 2.95. The molecule has 2 aromatic rings. The SMILES string of the molecule is NC(=O)N/N=C(\C[C@@H]1OC(=O)c2ccccc21)c1ccc([N+](=O)[O-])cc1. The van der Waals surface area contributed by atoms with Crippen LogP contribution in [-0.4, -0.2) is 22.6 Å². The molecule has 1 aliphatic heterocycles. The number of benzene rings is 2. The number of cyclic esters (lactones) is 1. The third-order valence-electron chi connectivity index (χ3n) is 3.87. The van der Waals surface area contributed by atoms with Crippen molar-refractivity contribution in [2.24, 2.45) is 10.8 Å². The van der Waals surface area contributed by atoms with Crippen LogP contribution in [0.5, 0.6) is 0 Å². The van der Waals surface area contributed by atoms with Crippen LogP contribution in [0.25, 0.3) is 0 Å². The fourth-order valence-electron chi connectivity index (χ4n) is 2.67. The number of carbonyl (C=O) groups is 2. The summed E-state index contributed by atoms with van der Waals surface area (Å²) in [5.74, 6) is -0.434. The van der Waals surface area contributed by atoms with Gasteiger partial charge < -0.3 is 10.5 Å². The topological polar surface area (TPSA) is 137 Å². The molecule has 0 unspecified atom stereocenters. The molecule has 1 aliphatic rings. The van der Waals surface area contributed by atoms with E-state index >= 15 is 0 Å². The van der Waals surface area contributed by atoms with Crippen LogP contribution in [0.3, 0.4) is 0 Å². The summed E-state index contributed by atoms with van der Waals surface area (Å²) in [6, 6.07) is 11.8. The monoisotopic (exact) mass is 354 g/mol. The Morgan fingerprint density at radius 3 is 2.58 bits per heavy atom. The van der Waals surface area contributed by atoms with Crippen LogP contribution in [0.2, 0.25) is 0 Å². The number of amides is 2. The summed E-state index contributed by atoms with van der Waals surface area (Å²) < 4.78 is 5.38. The van der Waals surface area contributed by atoms with Crippen molar-refractivity contribution in [2.75, 3.05) is 0 Å². The Labute approximate surface area is 147 Å². The van der Waals surface area contributed by atoms with Gasteiger partial charge in [-0.15, -0.1) is 0 Å². The lowest BCUT2D eigenvalue weighted by atomic mass is 9.98. The number of nitrogens with one attached hydrogen (secondary N) is 1. The molecule has 0 aliphatic carbocycles. The van der Waals surface area contributed by atoms with E-state index < -0.39 is 23.0 Å². The summed E-state index contributed by atoms with van der Waals surface area (Å²) in [4.78, 5) is 33.2. The molecule has 9 nitrogen and oxygen atoms in total. The molecule has 0 saturated carbocycles. The highest BCUT2D eigenvalue weighted by Crippen LogP contribution is 2.34. The van der Waals surface area contributed by atoms with Crippen LogP contribution in [0.15, 0.2) is 53.6 Å². The lowest BCUT2D eigenvalue weighted by Crippen LogP contribution is -2.26. The smallest absolute Gasteiger partial charge is 0.339 e. The number of urea groups is 1. The molecule has 3 N–H and O–H groups in total. The van der Waals surface area contributed by atoms with Gasteiger partial charge in [-0.3, -0.25) is 10.1 Å². The van der Waals surface area contributed by atoms with Gasteiger partial charge in [0.25, 0.3) is 5.69 Å². The van der Waals surface area contributed by atoms with E-state index in [4.69, 9.17) is 10.5 Å². The van der Waals surface area contributed by atoms with Crippen LogP contribution >= 0.6 is 0 Å². The van der Waals surface area contributed by atoms with E-state index in [0.29, 0.717) is 22.4 Å². The Hall–Kier alpha value is -3.75. The van der Waals surface area contributed by atoms with Crippen LogP contribution in [0.1, 0.15) is 34.0 Å². The third-order valence-corrected chi connectivity index (χ3v) is 3.87. The van der Waals surface area contributed by atoms with Gasteiger partial charge in [0.2, 0.25) is 0 Å². The summed E-state index contributed by atoms with van der Waals surface area (Å²) in [7, 11) is 0. The van der Waals surface area contributed by atoms with Crippen LogP contribution in [0.4, 0.5) is 10.5 Å². The molecule has 2 amide bonds. The highest BCUT2D eigenvalue weighted by atomic mass is 16.6. The van der Waals surface area contributed by atoms with Crippen molar-refractivity contribution in [2.45, 2.75) is 12.5 Å². The maximum Gasteiger partial charge on any atom is 0.339 e. The second-order valence-corrected chi connectivity index (χ2v) is 5.52. The maximum atomic E-state index is 12.0. The van der Waals surface area contributed by atoms with Crippen molar-refractivity contribution in [3.63, 3.8) is 0 Å². The molecule has 2 aromatic carbocycles. The van der Waals surface area contributed by atoms with E-state index in [1.165, 1.54) is 24.3 Å². The van der Waals surface area contributed by atoms with Gasteiger partial charge in [-0.25, -0.2) is 15.0 Å². The van der Waals surface area contributed by atoms with Crippen molar-refractivity contribution in [1.82, 2.24) is 5.43 Å². The molecule has 0 spiro atoms. The minimum Gasteiger partial charge on any atom is -0.453 e. The van der Waals surface area contributed by atoms with Gasteiger partial charge in [-0.1, -0.05) is 18.2 Å². The van der Waals surface area contributed by atoms with Crippen molar-refractivity contribution in [3.05, 3.63) is 75.3 Å². The Morgan fingerprint density at radius 2 is 1.92 bits per heavy atom. The van der Waals surface area contributed by atoms with Gasteiger partial charge in [0.05, 0.1) is 16.2 Å². The molecule has 0 bridgehead atoms. The number of hydrogen-bond acceptors (Lipinski definition) is 6. The van der Waals surface area contributed by atoms with Gasteiger partial charge in [0.1, 0.15) is 6.10 Å². The number of non-ortho nitro benzene ring substituents is 1. The molecule has 3 rings (SSSR count). The quantitative estimate of drug-likeness (QED) is 0.367. The van der Waals surface area contributed by atoms with Crippen LogP contribution in [-0.2, 0) is 4.74 Å². The third kappa shape index (κ3) is 3.51. The van der Waals surface area contributed by atoms with Crippen molar-refractivity contribution >= 4 is 23.4 Å². The molecule has 132 valence electrons. The van der Waals surface area contributed by atoms with E-state index in [1.807, 2.05) is 0 Å². The molecular formula is C17H14N4O5. The number of nitrogens with two attached hydrogens (primary N) is 1. The number of rotatable bonds is 5. The van der Waals surface area contributed by atoms with Gasteiger partial charge in [0.15, 0.2) is 0 Å². The second kappa shape index (κ2) is 7.01. The molecule has 0 fully saturated rings. The molecule has 1 atom stereocenters. The standard InChI is InChI=1S/C17H14N4O5/c18-17(23)20-19-14(10-5-7-11(8-6-10)21(24)25)9-15-12-3-1-2-4-13(12)16(22)26-15/h1-8,15H,9H2,(H3,18,20,23)/b19-14+/t15-/m0/s1. The summed E-state index contributed by atoms with van der Waals surface area (Å²) in [6.07, 6.45) is -0.414. The number of esters is 1. The Balaban J connectivity index is 1.90. The van der Waals surface area contributed by atoms with E-state index in [-0.39, 0.29) is 12.1 Å². The maximum absolute atomic E-state index is 12.0.